The van der Waals surface area contributed by atoms with E-state index in [0.717, 1.165) is 0 Å². The van der Waals surface area contributed by atoms with Crippen LogP contribution in [0.4, 0.5) is 5.69 Å². The predicted molar refractivity (Wildman–Crippen MR) is 77.9 cm³/mol. The summed E-state index contributed by atoms with van der Waals surface area (Å²) in [5.41, 5.74) is -2.38. The minimum Gasteiger partial charge on any atom is -0.504 e. The van der Waals surface area contributed by atoms with Crippen molar-refractivity contribution in [3.8, 4) is 11.5 Å². The van der Waals surface area contributed by atoms with Gasteiger partial charge in [0.25, 0.3) is 0 Å². The third-order valence-electron chi connectivity index (χ3n) is 2.77. The highest BCUT2D eigenvalue weighted by Gasteiger charge is 2.18. The lowest BCUT2D eigenvalue weighted by Crippen LogP contribution is -2.25. The number of aromatic nitrogens is 2. The van der Waals surface area contributed by atoms with Crippen LogP contribution in [0.5, 0.6) is 11.5 Å². The minimum atomic E-state index is -1.09. The second kappa shape index (κ2) is 5.95. The number of aromatic hydroxyl groups is 1. The lowest BCUT2D eigenvalue weighted by molar-refractivity contribution is -0.386. The fourth-order valence-electron chi connectivity index (χ4n) is 1.78. The quantitative estimate of drug-likeness (QED) is 0.565. The molecule has 0 aliphatic carbocycles. The van der Waals surface area contributed by atoms with Gasteiger partial charge in [0.05, 0.1) is 12.0 Å². The van der Waals surface area contributed by atoms with Gasteiger partial charge in [-0.2, -0.15) is 0 Å². The molecule has 0 atom stereocenters. The first-order chi connectivity index (χ1) is 10.4. The number of benzene rings is 1. The number of rotatable bonds is 4. The molecule has 22 heavy (non-hydrogen) atoms. The monoisotopic (exact) mass is 305 g/mol. The molecule has 0 saturated heterocycles. The fourth-order valence-corrected chi connectivity index (χ4v) is 1.78. The Morgan fingerprint density at radius 1 is 1.27 bits per heavy atom. The van der Waals surface area contributed by atoms with Crippen LogP contribution in [0.25, 0.3) is 12.2 Å². The van der Waals surface area contributed by atoms with Gasteiger partial charge in [-0.05, 0) is 23.8 Å². The van der Waals surface area contributed by atoms with Crippen LogP contribution in [0.3, 0.4) is 0 Å². The number of hydrogen-bond acceptors (Lipinski definition) is 6. The van der Waals surface area contributed by atoms with Crippen molar-refractivity contribution < 1.29 is 14.8 Å². The number of hydrogen-bond donors (Lipinski definition) is 3. The molecule has 0 radical (unpaired) electrons. The maximum atomic E-state index is 11.5. The molecular formula is C13H11N3O6. The molecule has 0 aliphatic heterocycles. The van der Waals surface area contributed by atoms with E-state index >= 15 is 0 Å². The summed E-state index contributed by atoms with van der Waals surface area (Å²) in [6.45, 7) is 0. The lowest BCUT2D eigenvalue weighted by atomic mass is 10.1. The molecule has 0 saturated carbocycles. The second-order valence-corrected chi connectivity index (χ2v) is 4.19. The maximum absolute atomic E-state index is 11.5. The average molecular weight is 305 g/mol. The number of nitrogens with one attached hydrogen (secondary N) is 2. The molecule has 0 aliphatic rings. The second-order valence-electron chi connectivity index (χ2n) is 4.19. The minimum absolute atomic E-state index is 0.0600. The summed E-state index contributed by atoms with van der Waals surface area (Å²) in [6.07, 6.45) is 2.65. The molecule has 0 amide bonds. The summed E-state index contributed by atoms with van der Waals surface area (Å²) in [5.74, 6) is 0.159. The molecular weight excluding hydrogens is 294 g/mol. The fraction of sp³-hybridized carbons (Fsp3) is 0.0769. The van der Waals surface area contributed by atoms with Crippen molar-refractivity contribution in [3.63, 3.8) is 0 Å². The van der Waals surface area contributed by atoms with Crippen LogP contribution >= 0.6 is 0 Å². The van der Waals surface area contributed by atoms with Crippen LogP contribution in [-0.2, 0) is 0 Å². The van der Waals surface area contributed by atoms with Gasteiger partial charge in [-0.1, -0.05) is 12.1 Å². The normalized spacial score (nSPS) is 10.8. The molecule has 3 N–H and O–H groups in total. The Morgan fingerprint density at radius 3 is 2.64 bits per heavy atom. The smallest absolute Gasteiger partial charge is 0.357 e. The third-order valence-corrected chi connectivity index (χ3v) is 2.77. The Kier molecular flexibility index (Phi) is 4.07. The summed E-state index contributed by atoms with van der Waals surface area (Å²) < 4.78 is 4.93. The van der Waals surface area contributed by atoms with Gasteiger partial charge in [-0.15, -0.1) is 0 Å². The van der Waals surface area contributed by atoms with Crippen molar-refractivity contribution in [1.29, 1.82) is 0 Å². The van der Waals surface area contributed by atoms with E-state index in [-0.39, 0.29) is 17.2 Å². The summed E-state index contributed by atoms with van der Waals surface area (Å²) in [6, 6.07) is 4.40. The van der Waals surface area contributed by atoms with E-state index in [9.17, 15) is 24.8 Å². The number of nitro groups is 1. The van der Waals surface area contributed by atoms with Gasteiger partial charge >= 0.3 is 16.9 Å². The van der Waals surface area contributed by atoms with Crippen LogP contribution in [0.1, 0.15) is 11.3 Å². The Morgan fingerprint density at radius 2 is 2.00 bits per heavy atom. The molecule has 1 aromatic carbocycles. The van der Waals surface area contributed by atoms with Crippen LogP contribution in [0.2, 0.25) is 0 Å². The number of nitrogens with zero attached hydrogens (tertiary/aromatic N) is 1. The topological polar surface area (TPSA) is 138 Å². The van der Waals surface area contributed by atoms with Gasteiger partial charge in [0, 0.05) is 0 Å². The summed E-state index contributed by atoms with van der Waals surface area (Å²) in [4.78, 5) is 36.7. The van der Waals surface area contributed by atoms with Gasteiger partial charge in [0.15, 0.2) is 11.5 Å². The molecule has 1 aromatic heterocycles. The standard InChI is InChI=1S/C13H11N3O6/c1-22-10-6-7(3-5-9(10)17)2-4-8-11(16(20)21)12(18)15-13(19)14-8/h2-6,17H,1H3,(H2,14,15,18,19). The van der Waals surface area contributed by atoms with Crippen LogP contribution < -0.4 is 16.0 Å². The van der Waals surface area contributed by atoms with E-state index in [0.29, 0.717) is 5.56 Å². The zero-order valence-corrected chi connectivity index (χ0v) is 11.3. The summed E-state index contributed by atoms with van der Waals surface area (Å²) in [5, 5.41) is 20.4. The van der Waals surface area contributed by atoms with E-state index in [1.807, 2.05) is 0 Å². The summed E-state index contributed by atoms with van der Waals surface area (Å²) in [7, 11) is 1.38. The molecule has 9 heteroatoms. The SMILES string of the molecule is COc1cc(C=Cc2[nH]c(=O)[nH]c(=O)c2[N+](=O)[O-])ccc1O. The molecule has 2 aromatic rings. The molecule has 9 nitrogen and oxygen atoms in total. The van der Waals surface area contributed by atoms with Crippen molar-refractivity contribution in [2.75, 3.05) is 7.11 Å². The van der Waals surface area contributed by atoms with Gasteiger partial charge in [0.2, 0.25) is 0 Å². The van der Waals surface area contributed by atoms with Crippen LogP contribution in [0, 0.1) is 10.1 Å². The number of H-pyrrole nitrogens is 2. The van der Waals surface area contributed by atoms with E-state index in [1.165, 1.54) is 37.5 Å². The van der Waals surface area contributed by atoms with Gasteiger partial charge < -0.3 is 14.8 Å². The van der Waals surface area contributed by atoms with Gasteiger partial charge in [0.1, 0.15) is 5.69 Å². The van der Waals surface area contributed by atoms with Crippen molar-refractivity contribution in [1.82, 2.24) is 9.97 Å². The van der Waals surface area contributed by atoms with E-state index in [1.54, 1.807) is 4.98 Å². The lowest BCUT2D eigenvalue weighted by Gasteiger charge is -2.03. The van der Waals surface area contributed by atoms with E-state index in [4.69, 9.17) is 4.74 Å². The Bertz CT molecular complexity index is 865. The van der Waals surface area contributed by atoms with Crippen LogP contribution in [-0.4, -0.2) is 27.1 Å². The highest BCUT2D eigenvalue weighted by atomic mass is 16.6. The van der Waals surface area contributed by atoms with E-state index < -0.39 is 21.9 Å². The highest BCUT2D eigenvalue weighted by Crippen LogP contribution is 2.27. The number of ether oxygens (including phenoxy) is 1. The maximum Gasteiger partial charge on any atom is 0.357 e. The summed E-state index contributed by atoms with van der Waals surface area (Å²) >= 11 is 0. The third kappa shape index (κ3) is 3.03. The van der Waals surface area contributed by atoms with Crippen molar-refractivity contribution in [3.05, 3.63) is 60.4 Å². The molecule has 0 fully saturated rings. The first kappa shape index (κ1) is 15.0. The molecule has 0 spiro atoms. The zero-order chi connectivity index (χ0) is 16.3. The zero-order valence-electron chi connectivity index (χ0n) is 11.3. The molecule has 114 valence electrons. The first-order valence-corrected chi connectivity index (χ1v) is 5.98. The molecule has 0 unspecified atom stereocenters. The number of aromatic amines is 2. The average Bonchev–Trinajstić information content (AvgIpc) is 2.45. The van der Waals surface area contributed by atoms with Crippen molar-refractivity contribution >= 4 is 17.8 Å². The molecule has 1 heterocycles. The molecule has 0 bridgehead atoms. The number of phenolic OH excluding ortho intramolecular Hbond substituents is 1. The number of methoxy groups -OCH3 is 1. The van der Waals surface area contributed by atoms with Crippen molar-refractivity contribution in [2.24, 2.45) is 0 Å². The van der Waals surface area contributed by atoms with Crippen LogP contribution in [0.15, 0.2) is 27.8 Å². The predicted octanol–water partition coefficient (Wildman–Crippen LogP) is 0.856. The Hall–Kier alpha value is -3.36. The van der Waals surface area contributed by atoms with Crippen molar-refractivity contribution in [2.45, 2.75) is 0 Å². The number of phenols is 1. The Labute approximate surface area is 122 Å². The van der Waals surface area contributed by atoms with Gasteiger partial charge in [-0.3, -0.25) is 19.9 Å². The Balaban J connectivity index is 2.49. The highest BCUT2D eigenvalue weighted by molar-refractivity contribution is 5.72. The molecule has 2 rings (SSSR count). The van der Waals surface area contributed by atoms with Gasteiger partial charge in [-0.25, -0.2) is 4.79 Å². The first-order valence-electron chi connectivity index (χ1n) is 5.98. The largest absolute Gasteiger partial charge is 0.504 e. The van der Waals surface area contributed by atoms with E-state index in [2.05, 4.69) is 4.98 Å².